The molecule has 0 atom stereocenters. The van der Waals surface area contributed by atoms with E-state index < -0.39 is 0 Å². The van der Waals surface area contributed by atoms with E-state index in [0.717, 1.165) is 22.2 Å². The van der Waals surface area contributed by atoms with Crippen molar-refractivity contribution in [3.8, 4) is 5.75 Å². The van der Waals surface area contributed by atoms with Crippen molar-refractivity contribution in [2.24, 2.45) is 0 Å². The monoisotopic (exact) mass is 277 g/mol. The molecule has 0 amide bonds. The van der Waals surface area contributed by atoms with E-state index in [-0.39, 0.29) is 0 Å². The summed E-state index contributed by atoms with van der Waals surface area (Å²) in [6, 6.07) is 18.5. The van der Waals surface area contributed by atoms with Crippen molar-refractivity contribution in [3.63, 3.8) is 0 Å². The Morgan fingerprint density at radius 2 is 1.76 bits per heavy atom. The molecule has 0 bridgehead atoms. The van der Waals surface area contributed by atoms with E-state index in [0.29, 0.717) is 12.5 Å². The Kier molecular flexibility index (Phi) is 3.87. The second-order valence-electron chi connectivity index (χ2n) is 5.47. The van der Waals surface area contributed by atoms with Crippen molar-refractivity contribution in [1.82, 2.24) is 4.98 Å². The maximum atomic E-state index is 6.05. The topological polar surface area (TPSA) is 22.1 Å². The molecule has 2 heteroatoms. The summed E-state index contributed by atoms with van der Waals surface area (Å²) in [5, 5.41) is 1.15. The number of pyridine rings is 1. The van der Waals surface area contributed by atoms with E-state index in [4.69, 9.17) is 4.74 Å². The molecule has 2 aromatic carbocycles. The number of hydrogen-bond donors (Lipinski definition) is 0. The number of fused-ring (bicyclic) bond motifs is 1. The molecule has 1 heterocycles. The Bertz CT molecular complexity index is 744. The molecule has 3 aromatic rings. The summed E-state index contributed by atoms with van der Waals surface area (Å²) in [7, 11) is 0. The molecule has 0 fully saturated rings. The molecule has 3 rings (SSSR count). The van der Waals surface area contributed by atoms with Gasteiger partial charge in [-0.3, -0.25) is 4.98 Å². The van der Waals surface area contributed by atoms with Crippen molar-refractivity contribution in [2.45, 2.75) is 26.4 Å². The van der Waals surface area contributed by atoms with Gasteiger partial charge in [-0.05, 0) is 23.6 Å². The van der Waals surface area contributed by atoms with Crippen molar-refractivity contribution in [1.29, 1.82) is 0 Å². The van der Waals surface area contributed by atoms with Crippen LogP contribution in [0.2, 0.25) is 0 Å². The second-order valence-corrected chi connectivity index (χ2v) is 5.47. The highest BCUT2D eigenvalue weighted by molar-refractivity contribution is 5.81. The van der Waals surface area contributed by atoms with Gasteiger partial charge in [-0.15, -0.1) is 0 Å². The van der Waals surface area contributed by atoms with Crippen LogP contribution in [-0.2, 0) is 6.61 Å². The zero-order valence-corrected chi connectivity index (χ0v) is 12.4. The molecule has 0 saturated carbocycles. The minimum Gasteiger partial charge on any atom is -0.489 e. The van der Waals surface area contributed by atoms with Gasteiger partial charge in [0.25, 0.3) is 0 Å². The van der Waals surface area contributed by atoms with E-state index in [2.05, 4.69) is 55.2 Å². The van der Waals surface area contributed by atoms with Gasteiger partial charge in [-0.25, -0.2) is 0 Å². The van der Waals surface area contributed by atoms with E-state index in [1.54, 1.807) is 0 Å². The highest BCUT2D eigenvalue weighted by atomic mass is 16.5. The molecule has 0 aliphatic carbocycles. The van der Waals surface area contributed by atoms with Crippen molar-refractivity contribution < 1.29 is 4.74 Å². The fraction of sp³-hybridized carbons (Fsp3) is 0.211. The zero-order chi connectivity index (χ0) is 14.7. The number of aromatic nitrogens is 1. The quantitative estimate of drug-likeness (QED) is 0.674. The van der Waals surface area contributed by atoms with Gasteiger partial charge in [-0.2, -0.15) is 0 Å². The van der Waals surface area contributed by atoms with Crippen molar-refractivity contribution >= 4 is 10.9 Å². The Hall–Kier alpha value is -2.35. The summed E-state index contributed by atoms with van der Waals surface area (Å²) in [5.41, 5.74) is 3.37. The minimum atomic E-state index is 0.451. The van der Waals surface area contributed by atoms with E-state index in [1.165, 1.54) is 5.56 Å². The molecule has 21 heavy (non-hydrogen) atoms. The molecule has 0 unspecified atom stereocenters. The maximum absolute atomic E-state index is 6.05. The van der Waals surface area contributed by atoms with Crippen molar-refractivity contribution in [3.05, 3.63) is 71.9 Å². The molecule has 0 aliphatic heterocycles. The first-order valence-electron chi connectivity index (χ1n) is 7.30. The molecular weight excluding hydrogens is 258 g/mol. The number of benzene rings is 2. The van der Waals surface area contributed by atoms with Gasteiger partial charge in [0, 0.05) is 17.1 Å². The summed E-state index contributed by atoms with van der Waals surface area (Å²) in [4.78, 5) is 4.47. The smallest absolute Gasteiger partial charge is 0.123 e. The van der Waals surface area contributed by atoms with E-state index >= 15 is 0 Å². The van der Waals surface area contributed by atoms with E-state index in [9.17, 15) is 0 Å². The first-order valence-corrected chi connectivity index (χ1v) is 7.30. The van der Waals surface area contributed by atoms with Crippen LogP contribution in [0.4, 0.5) is 0 Å². The largest absolute Gasteiger partial charge is 0.489 e. The van der Waals surface area contributed by atoms with Gasteiger partial charge in [0.1, 0.15) is 12.4 Å². The molecule has 0 radical (unpaired) electrons. The number of para-hydroxylation sites is 2. The number of nitrogens with zero attached hydrogens (tertiary/aromatic N) is 1. The minimum absolute atomic E-state index is 0.451. The summed E-state index contributed by atoms with van der Waals surface area (Å²) >= 11 is 0. The number of rotatable bonds is 4. The SMILES string of the molecule is CC(C)c1ccccc1OCc1cccc2cccnc12. The van der Waals surface area contributed by atoms with Gasteiger partial charge in [0.05, 0.1) is 5.52 Å². The lowest BCUT2D eigenvalue weighted by Gasteiger charge is -2.14. The van der Waals surface area contributed by atoms with Gasteiger partial charge in [-0.1, -0.05) is 56.3 Å². The molecule has 0 aliphatic rings. The molecule has 1 aromatic heterocycles. The Balaban J connectivity index is 1.87. The lowest BCUT2D eigenvalue weighted by molar-refractivity contribution is 0.303. The highest BCUT2D eigenvalue weighted by Gasteiger charge is 2.08. The molecule has 106 valence electrons. The zero-order valence-electron chi connectivity index (χ0n) is 12.4. The summed E-state index contributed by atoms with van der Waals surface area (Å²) in [6.07, 6.45) is 1.83. The average molecular weight is 277 g/mol. The van der Waals surface area contributed by atoms with Gasteiger partial charge in [0.2, 0.25) is 0 Å². The van der Waals surface area contributed by atoms with Crippen LogP contribution in [0.3, 0.4) is 0 Å². The van der Waals surface area contributed by atoms with Crippen LogP contribution < -0.4 is 4.74 Å². The lowest BCUT2D eigenvalue weighted by Crippen LogP contribution is -2.00. The van der Waals surface area contributed by atoms with Gasteiger partial charge < -0.3 is 4.74 Å². The van der Waals surface area contributed by atoms with Crippen LogP contribution >= 0.6 is 0 Å². The molecule has 2 nitrogen and oxygen atoms in total. The summed E-state index contributed by atoms with van der Waals surface area (Å²) in [5.74, 6) is 1.41. The fourth-order valence-corrected chi connectivity index (χ4v) is 2.53. The van der Waals surface area contributed by atoms with Gasteiger partial charge >= 0.3 is 0 Å². The summed E-state index contributed by atoms with van der Waals surface area (Å²) in [6.45, 7) is 4.90. The molecule has 0 N–H and O–H groups in total. The van der Waals surface area contributed by atoms with Crippen LogP contribution in [0.15, 0.2) is 60.8 Å². The Labute approximate surface area is 125 Å². The Morgan fingerprint density at radius 3 is 2.62 bits per heavy atom. The predicted molar refractivity (Wildman–Crippen MR) is 86.6 cm³/mol. The third kappa shape index (κ3) is 2.89. The molecule has 0 saturated heterocycles. The van der Waals surface area contributed by atoms with Crippen LogP contribution in [0.25, 0.3) is 10.9 Å². The lowest BCUT2D eigenvalue weighted by atomic mass is 10.0. The maximum Gasteiger partial charge on any atom is 0.123 e. The first-order chi connectivity index (χ1) is 10.3. The normalized spacial score (nSPS) is 11.0. The van der Waals surface area contributed by atoms with Crippen molar-refractivity contribution in [2.75, 3.05) is 0 Å². The fourth-order valence-electron chi connectivity index (χ4n) is 2.53. The van der Waals surface area contributed by atoms with Gasteiger partial charge in [0.15, 0.2) is 0 Å². The highest BCUT2D eigenvalue weighted by Crippen LogP contribution is 2.27. The third-order valence-corrected chi connectivity index (χ3v) is 3.64. The average Bonchev–Trinajstić information content (AvgIpc) is 2.53. The first kappa shape index (κ1) is 13.6. The third-order valence-electron chi connectivity index (χ3n) is 3.64. The number of hydrogen-bond acceptors (Lipinski definition) is 2. The molecule has 0 spiro atoms. The number of ether oxygens (including phenoxy) is 1. The molecular formula is C19H19NO. The second kappa shape index (κ2) is 5.96. The van der Waals surface area contributed by atoms with Crippen LogP contribution in [-0.4, -0.2) is 4.98 Å². The Morgan fingerprint density at radius 1 is 0.952 bits per heavy atom. The summed E-state index contributed by atoms with van der Waals surface area (Å²) < 4.78 is 6.05. The van der Waals surface area contributed by atoms with Crippen LogP contribution in [0.1, 0.15) is 30.9 Å². The van der Waals surface area contributed by atoms with E-state index in [1.807, 2.05) is 24.4 Å². The standard InChI is InChI=1S/C19H19NO/c1-14(2)17-10-3-4-11-18(17)21-13-16-8-5-7-15-9-6-12-20-19(15)16/h3-12,14H,13H2,1-2H3. The van der Waals surface area contributed by atoms with Crippen LogP contribution in [0, 0.1) is 0 Å². The predicted octanol–water partition coefficient (Wildman–Crippen LogP) is 4.94. The van der Waals surface area contributed by atoms with Crippen LogP contribution in [0.5, 0.6) is 5.75 Å².